The van der Waals surface area contributed by atoms with Crippen LogP contribution in [0, 0.1) is 0 Å². The van der Waals surface area contributed by atoms with Crippen LogP contribution in [0.1, 0.15) is 24.7 Å². The largest absolute Gasteiger partial charge is 0.481 e. The van der Waals surface area contributed by atoms with Gasteiger partial charge in [-0.05, 0) is 18.9 Å². The third-order valence-corrected chi connectivity index (χ3v) is 3.71. The van der Waals surface area contributed by atoms with Crippen molar-refractivity contribution in [2.75, 3.05) is 20.3 Å². The van der Waals surface area contributed by atoms with Gasteiger partial charge in [0.25, 0.3) is 0 Å². The SMILES string of the molecule is COc1ccc2nc(CCl)n(C3CCOCC3)c2n1. The van der Waals surface area contributed by atoms with E-state index < -0.39 is 0 Å². The van der Waals surface area contributed by atoms with Crippen LogP contribution in [0.4, 0.5) is 0 Å². The van der Waals surface area contributed by atoms with Crippen LogP contribution in [0.5, 0.6) is 5.88 Å². The van der Waals surface area contributed by atoms with E-state index in [4.69, 9.17) is 21.1 Å². The van der Waals surface area contributed by atoms with Gasteiger partial charge < -0.3 is 14.0 Å². The van der Waals surface area contributed by atoms with Crippen LogP contribution < -0.4 is 4.74 Å². The molecule has 0 bridgehead atoms. The zero-order valence-electron chi connectivity index (χ0n) is 10.8. The normalized spacial score (nSPS) is 16.9. The van der Waals surface area contributed by atoms with Gasteiger partial charge in [0.05, 0.1) is 13.0 Å². The van der Waals surface area contributed by atoms with Crippen LogP contribution in [-0.4, -0.2) is 34.9 Å². The Morgan fingerprint density at radius 3 is 2.84 bits per heavy atom. The zero-order valence-corrected chi connectivity index (χ0v) is 11.6. The van der Waals surface area contributed by atoms with Crippen LogP contribution >= 0.6 is 11.6 Å². The van der Waals surface area contributed by atoms with Crippen LogP contribution in [0.15, 0.2) is 12.1 Å². The number of methoxy groups -OCH3 is 1. The summed E-state index contributed by atoms with van der Waals surface area (Å²) in [6.07, 6.45) is 1.93. The maximum absolute atomic E-state index is 6.02. The number of imidazole rings is 1. The lowest BCUT2D eigenvalue weighted by Crippen LogP contribution is -2.21. The molecule has 0 unspecified atom stereocenters. The summed E-state index contributed by atoms with van der Waals surface area (Å²) in [6, 6.07) is 4.10. The molecule has 0 amide bonds. The molecule has 1 fully saturated rings. The van der Waals surface area contributed by atoms with Gasteiger partial charge in [-0.2, -0.15) is 4.98 Å². The molecule has 6 heteroatoms. The molecule has 5 nitrogen and oxygen atoms in total. The number of pyridine rings is 1. The van der Waals surface area contributed by atoms with E-state index in [-0.39, 0.29) is 0 Å². The van der Waals surface area contributed by atoms with E-state index in [1.165, 1.54) is 0 Å². The average molecular weight is 282 g/mol. The highest BCUT2D eigenvalue weighted by Crippen LogP contribution is 2.28. The number of alkyl halides is 1. The summed E-state index contributed by atoms with van der Waals surface area (Å²) < 4.78 is 12.8. The third-order valence-electron chi connectivity index (χ3n) is 3.47. The Kier molecular flexibility index (Phi) is 3.57. The van der Waals surface area contributed by atoms with Crippen molar-refractivity contribution in [1.82, 2.24) is 14.5 Å². The molecule has 0 radical (unpaired) electrons. The molecular weight excluding hydrogens is 266 g/mol. The summed E-state index contributed by atoms with van der Waals surface area (Å²) in [7, 11) is 1.62. The summed E-state index contributed by atoms with van der Waals surface area (Å²) >= 11 is 6.02. The maximum atomic E-state index is 6.02. The Labute approximate surface area is 116 Å². The van der Waals surface area contributed by atoms with Gasteiger partial charge in [-0.25, -0.2) is 4.98 Å². The summed E-state index contributed by atoms with van der Waals surface area (Å²) in [4.78, 5) is 9.07. The lowest BCUT2D eigenvalue weighted by Gasteiger charge is -2.25. The topological polar surface area (TPSA) is 49.2 Å². The van der Waals surface area contributed by atoms with Crippen LogP contribution in [0.25, 0.3) is 11.2 Å². The third kappa shape index (κ3) is 2.28. The van der Waals surface area contributed by atoms with Crippen LogP contribution in [-0.2, 0) is 10.6 Å². The van der Waals surface area contributed by atoms with Crippen molar-refractivity contribution >= 4 is 22.8 Å². The van der Waals surface area contributed by atoms with E-state index in [1.54, 1.807) is 7.11 Å². The van der Waals surface area contributed by atoms with Gasteiger partial charge in [0, 0.05) is 25.3 Å². The van der Waals surface area contributed by atoms with Crippen molar-refractivity contribution in [3.05, 3.63) is 18.0 Å². The molecule has 0 aromatic carbocycles. The highest BCUT2D eigenvalue weighted by Gasteiger charge is 2.22. The highest BCUT2D eigenvalue weighted by molar-refractivity contribution is 6.16. The molecule has 2 aromatic rings. The smallest absolute Gasteiger partial charge is 0.215 e. The first-order valence-electron chi connectivity index (χ1n) is 6.39. The fourth-order valence-corrected chi connectivity index (χ4v) is 2.73. The van der Waals surface area contributed by atoms with E-state index in [0.717, 1.165) is 43.0 Å². The average Bonchev–Trinajstić information content (AvgIpc) is 2.85. The first-order valence-corrected chi connectivity index (χ1v) is 6.92. The minimum Gasteiger partial charge on any atom is -0.481 e. The molecule has 3 rings (SSSR count). The molecule has 1 saturated heterocycles. The van der Waals surface area contributed by atoms with Crippen LogP contribution in [0.2, 0.25) is 0 Å². The van der Waals surface area contributed by atoms with E-state index in [2.05, 4.69) is 14.5 Å². The Balaban J connectivity index is 2.12. The molecule has 19 heavy (non-hydrogen) atoms. The number of aromatic nitrogens is 3. The number of halogens is 1. The molecule has 0 spiro atoms. The minimum absolute atomic E-state index is 0.354. The van der Waals surface area contributed by atoms with Crippen molar-refractivity contribution in [2.45, 2.75) is 24.8 Å². The summed E-state index contributed by atoms with van der Waals surface area (Å²) in [6.45, 7) is 1.55. The molecule has 3 heterocycles. The first-order chi connectivity index (χ1) is 9.33. The van der Waals surface area contributed by atoms with Gasteiger partial charge in [-0.3, -0.25) is 0 Å². The van der Waals surface area contributed by atoms with Gasteiger partial charge in [-0.1, -0.05) is 0 Å². The molecule has 0 N–H and O–H groups in total. The molecule has 1 aliphatic heterocycles. The predicted octanol–water partition coefficient (Wildman–Crippen LogP) is 2.53. The van der Waals surface area contributed by atoms with Gasteiger partial charge in [0.1, 0.15) is 11.3 Å². The van der Waals surface area contributed by atoms with Crippen molar-refractivity contribution in [3.63, 3.8) is 0 Å². The fourth-order valence-electron chi connectivity index (χ4n) is 2.54. The Bertz CT molecular complexity index is 579. The zero-order chi connectivity index (χ0) is 13.2. The first kappa shape index (κ1) is 12.7. The highest BCUT2D eigenvalue weighted by atomic mass is 35.5. The molecule has 0 aliphatic carbocycles. The van der Waals surface area contributed by atoms with E-state index in [1.807, 2.05) is 12.1 Å². The quantitative estimate of drug-likeness (QED) is 0.811. The van der Waals surface area contributed by atoms with Crippen molar-refractivity contribution in [1.29, 1.82) is 0 Å². The number of ether oxygens (including phenoxy) is 2. The Morgan fingerprint density at radius 2 is 2.16 bits per heavy atom. The van der Waals surface area contributed by atoms with Crippen molar-refractivity contribution in [2.24, 2.45) is 0 Å². The molecule has 102 valence electrons. The van der Waals surface area contributed by atoms with Gasteiger partial charge >= 0.3 is 0 Å². The lowest BCUT2D eigenvalue weighted by atomic mass is 10.1. The molecular formula is C13H16ClN3O2. The molecule has 0 atom stereocenters. The second kappa shape index (κ2) is 5.35. The summed E-state index contributed by atoms with van der Waals surface area (Å²) in [5.41, 5.74) is 1.71. The minimum atomic E-state index is 0.354. The van der Waals surface area contributed by atoms with E-state index in [0.29, 0.717) is 17.8 Å². The monoisotopic (exact) mass is 281 g/mol. The Hall–Kier alpha value is -1.33. The summed E-state index contributed by atoms with van der Waals surface area (Å²) in [5.74, 6) is 1.85. The number of hydrogen-bond acceptors (Lipinski definition) is 4. The molecule has 2 aromatic heterocycles. The number of rotatable bonds is 3. The number of fused-ring (bicyclic) bond motifs is 1. The molecule has 1 aliphatic rings. The van der Waals surface area contributed by atoms with Crippen molar-refractivity contribution < 1.29 is 9.47 Å². The van der Waals surface area contributed by atoms with Crippen molar-refractivity contribution in [3.8, 4) is 5.88 Å². The second-order valence-electron chi connectivity index (χ2n) is 4.57. The summed E-state index contributed by atoms with van der Waals surface area (Å²) in [5, 5.41) is 0. The van der Waals surface area contributed by atoms with Gasteiger partial charge in [0.15, 0.2) is 5.65 Å². The number of nitrogens with zero attached hydrogens (tertiary/aromatic N) is 3. The van der Waals surface area contributed by atoms with Gasteiger partial charge in [-0.15, -0.1) is 11.6 Å². The second-order valence-corrected chi connectivity index (χ2v) is 4.84. The predicted molar refractivity (Wildman–Crippen MR) is 72.7 cm³/mol. The lowest BCUT2D eigenvalue weighted by molar-refractivity contribution is 0.0699. The Morgan fingerprint density at radius 1 is 1.37 bits per heavy atom. The number of hydrogen-bond donors (Lipinski definition) is 0. The molecule has 0 saturated carbocycles. The standard InChI is InChI=1S/C13H16ClN3O2/c1-18-12-3-2-10-13(16-12)17(11(8-14)15-10)9-4-6-19-7-5-9/h2-3,9H,4-8H2,1H3. The van der Waals surface area contributed by atoms with E-state index in [9.17, 15) is 0 Å². The maximum Gasteiger partial charge on any atom is 0.215 e. The van der Waals surface area contributed by atoms with Gasteiger partial charge in [0.2, 0.25) is 5.88 Å². The fraction of sp³-hybridized carbons (Fsp3) is 0.538. The van der Waals surface area contributed by atoms with Crippen LogP contribution in [0.3, 0.4) is 0 Å². The van der Waals surface area contributed by atoms with E-state index >= 15 is 0 Å².